The summed E-state index contributed by atoms with van der Waals surface area (Å²) in [5.74, 6) is -1.29. The number of hydrogen-bond donors (Lipinski definition) is 2. The van der Waals surface area contributed by atoms with Crippen LogP contribution in [0.25, 0.3) is 0 Å². The predicted octanol–water partition coefficient (Wildman–Crippen LogP) is 4.19. The molecule has 1 unspecified atom stereocenters. The van der Waals surface area contributed by atoms with E-state index in [1.54, 1.807) is 4.68 Å². The number of hydrogen-bond acceptors (Lipinski definition) is 3. The molecule has 6 nitrogen and oxygen atoms in total. The quantitative estimate of drug-likeness (QED) is 0.808. The lowest BCUT2D eigenvalue weighted by Gasteiger charge is -2.22. The third-order valence-electron chi connectivity index (χ3n) is 4.75. The van der Waals surface area contributed by atoms with Gasteiger partial charge in [0.15, 0.2) is 0 Å². The highest BCUT2D eigenvalue weighted by atomic mass is 16.4. The van der Waals surface area contributed by atoms with Crippen molar-refractivity contribution in [3.63, 3.8) is 0 Å². The van der Waals surface area contributed by atoms with Gasteiger partial charge >= 0.3 is 5.97 Å². The van der Waals surface area contributed by atoms with Crippen molar-refractivity contribution in [3.8, 4) is 0 Å². The molecule has 1 atom stereocenters. The van der Waals surface area contributed by atoms with Crippen molar-refractivity contribution in [2.75, 3.05) is 0 Å². The fourth-order valence-electron chi connectivity index (χ4n) is 3.19. The number of carbonyl (C=O) groups is 2. The standard InChI is InChI=1S/C22H31N3O3/c1-14-17(13-23-25(14)22(5,6)7)20(28)24-18(12-19(26)27)15-8-10-16(11-9-15)21(2,3)4/h8-11,13,18H,12H2,1-7H3,(H,24,28)(H,26,27). The molecule has 0 bridgehead atoms. The largest absolute Gasteiger partial charge is 0.481 e. The van der Waals surface area contributed by atoms with E-state index in [4.69, 9.17) is 0 Å². The van der Waals surface area contributed by atoms with E-state index >= 15 is 0 Å². The first-order chi connectivity index (χ1) is 12.8. The number of aliphatic carboxylic acids is 1. The molecule has 1 aromatic carbocycles. The van der Waals surface area contributed by atoms with Crippen molar-refractivity contribution in [1.29, 1.82) is 0 Å². The van der Waals surface area contributed by atoms with E-state index in [0.29, 0.717) is 5.56 Å². The topological polar surface area (TPSA) is 84.2 Å². The fourth-order valence-corrected chi connectivity index (χ4v) is 3.19. The van der Waals surface area contributed by atoms with Crippen LogP contribution in [0.1, 0.15) is 81.2 Å². The fraction of sp³-hybridized carbons (Fsp3) is 0.500. The van der Waals surface area contributed by atoms with Crippen molar-refractivity contribution in [3.05, 3.63) is 52.8 Å². The molecule has 6 heteroatoms. The number of benzene rings is 1. The first-order valence-corrected chi connectivity index (χ1v) is 9.49. The van der Waals surface area contributed by atoms with Gasteiger partial charge in [-0.05, 0) is 44.2 Å². The van der Waals surface area contributed by atoms with Gasteiger partial charge in [-0.1, -0.05) is 45.0 Å². The number of carboxylic acids is 1. The number of nitrogens with one attached hydrogen (secondary N) is 1. The average molecular weight is 386 g/mol. The van der Waals surface area contributed by atoms with Crippen LogP contribution in [0.5, 0.6) is 0 Å². The van der Waals surface area contributed by atoms with Gasteiger partial charge < -0.3 is 10.4 Å². The second-order valence-corrected chi connectivity index (χ2v) is 9.22. The van der Waals surface area contributed by atoms with Crippen molar-refractivity contribution in [1.82, 2.24) is 15.1 Å². The Labute approximate surface area is 167 Å². The number of nitrogens with zero attached hydrogens (tertiary/aromatic N) is 2. The molecule has 152 valence electrons. The lowest BCUT2D eigenvalue weighted by molar-refractivity contribution is -0.137. The maximum Gasteiger partial charge on any atom is 0.305 e. The van der Waals surface area contributed by atoms with E-state index < -0.39 is 12.0 Å². The molecule has 1 amide bonds. The molecule has 1 aromatic heterocycles. The van der Waals surface area contributed by atoms with E-state index in [-0.39, 0.29) is 23.3 Å². The summed E-state index contributed by atoms with van der Waals surface area (Å²) in [4.78, 5) is 24.2. The Morgan fingerprint density at radius 1 is 1.11 bits per heavy atom. The summed E-state index contributed by atoms with van der Waals surface area (Å²) >= 11 is 0. The second kappa shape index (κ2) is 7.78. The van der Waals surface area contributed by atoms with E-state index in [0.717, 1.165) is 16.8 Å². The number of carbonyl (C=O) groups excluding carboxylic acids is 1. The summed E-state index contributed by atoms with van der Waals surface area (Å²) in [6.07, 6.45) is 1.35. The van der Waals surface area contributed by atoms with Gasteiger partial charge in [0.25, 0.3) is 5.91 Å². The van der Waals surface area contributed by atoms with E-state index in [2.05, 4.69) is 31.2 Å². The maximum absolute atomic E-state index is 12.8. The van der Waals surface area contributed by atoms with Gasteiger partial charge in [0.05, 0.1) is 29.8 Å². The Balaban J connectivity index is 2.29. The molecule has 2 rings (SSSR count). The van der Waals surface area contributed by atoms with Crippen LogP contribution in [0.15, 0.2) is 30.5 Å². The minimum Gasteiger partial charge on any atom is -0.481 e. The monoisotopic (exact) mass is 385 g/mol. The Morgan fingerprint density at radius 3 is 2.11 bits per heavy atom. The van der Waals surface area contributed by atoms with Crippen LogP contribution in [0.4, 0.5) is 0 Å². The Morgan fingerprint density at radius 2 is 1.68 bits per heavy atom. The molecule has 1 heterocycles. The van der Waals surface area contributed by atoms with Gasteiger partial charge in [0.2, 0.25) is 0 Å². The molecule has 2 aromatic rings. The third-order valence-corrected chi connectivity index (χ3v) is 4.75. The molecule has 0 aliphatic carbocycles. The molecule has 0 spiro atoms. The van der Waals surface area contributed by atoms with Crippen molar-refractivity contribution < 1.29 is 14.7 Å². The third kappa shape index (κ3) is 5.00. The van der Waals surface area contributed by atoms with Gasteiger partial charge in [0, 0.05) is 5.69 Å². The van der Waals surface area contributed by atoms with Gasteiger partial charge in [-0.25, -0.2) is 0 Å². The van der Waals surface area contributed by atoms with Crippen LogP contribution >= 0.6 is 0 Å². The molecular weight excluding hydrogens is 354 g/mol. The Kier molecular flexibility index (Phi) is 6.02. The molecule has 0 fully saturated rings. The predicted molar refractivity (Wildman–Crippen MR) is 110 cm³/mol. The van der Waals surface area contributed by atoms with Gasteiger partial charge in [-0.15, -0.1) is 0 Å². The molecule has 0 radical (unpaired) electrons. The summed E-state index contributed by atoms with van der Waals surface area (Å²) in [5.41, 5.74) is 2.89. The average Bonchev–Trinajstić information content (AvgIpc) is 2.95. The minimum absolute atomic E-state index is 0.00270. The summed E-state index contributed by atoms with van der Waals surface area (Å²) < 4.78 is 1.80. The highest BCUT2D eigenvalue weighted by molar-refractivity contribution is 5.95. The van der Waals surface area contributed by atoms with Crippen LogP contribution in [-0.4, -0.2) is 26.8 Å². The van der Waals surface area contributed by atoms with Crippen LogP contribution < -0.4 is 5.32 Å². The molecule has 28 heavy (non-hydrogen) atoms. The SMILES string of the molecule is Cc1c(C(=O)NC(CC(=O)O)c2ccc(C(C)(C)C)cc2)cnn1C(C)(C)C. The summed E-state index contributed by atoms with van der Waals surface area (Å²) in [6.45, 7) is 14.2. The van der Waals surface area contributed by atoms with Gasteiger partial charge in [-0.3, -0.25) is 14.3 Å². The zero-order valence-electron chi connectivity index (χ0n) is 17.8. The Bertz CT molecular complexity index is 853. The lowest BCUT2D eigenvalue weighted by atomic mass is 9.86. The maximum atomic E-state index is 12.8. The van der Waals surface area contributed by atoms with Crippen molar-refractivity contribution in [2.24, 2.45) is 0 Å². The molecule has 0 saturated carbocycles. The molecular formula is C22H31N3O3. The summed E-state index contributed by atoms with van der Waals surface area (Å²) in [5, 5.41) is 16.5. The smallest absolute Gasteiger partial charge is 0.305 e. The van der Waals surface area contributed by atoms with Gasteiger partial charge in [0.1, 0.15) is 0 Å². The van der Waals surface area contributed by atoms with E-state index in [1.807, 2.05) is 52.0 Å². The molecule has 0 saturated heterocycles. The van der Waals surface area contributed by atoms with Crippen LogP contribution in [0.3, 0.4) is 0 Å². The number of carboxylic acid groups (broad SMARTS) is 1. The lowest BCUT2D eigenvalue weighted by Crippen LogP contribution is -2.31. The van der Waals surface area contributed by atoms with Crippen LogP contribution in [0.2, 0.25) is 0 Å². The van der Waals surface area contributed by atoms with E-state index in [1.165, 1.54) is 6.20 Å². The molecule has 2 N–H and O–H groups in total. The van der Waals surface area contributed by atoms with Crippen LogP contribution in [-0.2, 0) is 15.7 Å². The summed E-state index contributed by atoms with van der Waals surface area (Å²) in [6, 6.07) is 7.13. The highest BCUT2D eigenvalue weighted by Crippen LogP contribution is 2.26. The number of amides is 1. The van der Waals surface area contributed by atoms with Crippen LogP contribution in [0, 0.1) is 6.92 Å². The first kappa shape index (κ1) is 21.7. The zero-order chi connectivity index (χ0) is 21.3. The second-order valence-electron chi connectivity index (χ2n) is 9.22. The number of rotatable bonds is 5. The van der Waals surface area contributed by atoms with Gasteiger partial charge in [-0.2, -0.15) is 5.10 Å². The highest BCUT2D eigenvalue weighted by Gasteiger charge is 2.25. The summed E-state index contributed by atoms with van der Waals surface area (Å²) in [7, 11) is 0. The number of aromatic nitrogens is 2. The minimum atomic E-state index is -0.965. The van der Waals surface area contributed by atoms with E-state index in [9.17, 15) is 14.7 Å². The normalized spacial score (nSPS) is 13.2. The van der Waals surface area contributed by atoms with Crippen molar-refractivity contribution in [2.45, 2.75) is 71.9 Å². The molecule has 0 aliphatic rings. The zero-order valence-corrected chi connectivity index (χ0v) is 17.8. The first-order valence-electron chi connectivity index (χ1n) is 9.49. The van der Waals surface area contributed by atoms with Crippen molar-refractivity contribution >= 4 is 11.9 Å². The molecule has 0 aliphatic heterocycles. The Hall–Kier alpha value is -2.63.